The molecule has 8 heteroatoms. The summed E-state index contributed by atoms with van der Waals surface area (Å²) < 4.78 is 13.6. The van der Waals surface area contributed by atoms with Gasteiger partial charge in [-0.1, -0.05) is 23.7 Å². The summed E-state index contributed by atoms with van der Waals surface area (Å²) in [6, 6.07) is 19.5. The third kappa shape index (κ3) is 4.32. The molecule has 3 heterocycles. The van der Waals surface area contributed by atoms with Crippen molar-refractivity contribution in [2.75, 3.05) is 19.1 Å². The summed E-state index contributed by atoms with van der Waals surface area (Å²) in [5.41, 5.74) is 7.16. The third-order valence-corrected chi connectivity index (χ3v) is 7.74. The Morgan fingerprint density at radius 2 is 1.76 bits per heavy atom. The normalized spacial score (nSPS) is 17.1. The van der Waals surface area contributed by atoms with Crippen LogP contribution in [0.2, 0.25) is 5.02 Å². The molecule has 0 bridgehead atoms. The number of aromatic nitrogens is 2. The first-order valence-corrected chi connectivity index (χ1v) is 12.8. The molecule has 6 nitrogen and oxygen atoms in total. The molecule has 0 unspecified atom stereocenters. The van der Waals surface area contributed by atoms with Gasteiger partial charge in [0.25, 0.3) is 0 Å². The maximum Gasteiger partial charge on any atom is 0.174 e. The molecule has 190 valence electrons. The van der Waals surface area contributed by atoms with Crippen molar-refractivity contribution in [1.29, 1.82) is 0 Å². The van der Waals surface area contributed by atoms with Gasteiger partial charge >= 0.3 is 0 Å². The first kappa shape index (κ1) is 25.1. The van der Waals surface area contributed by atoms with Crippen molar-refractivity contribution in [3.63, 3.8) is 0 Å². The maximum absolute atomic E-state index is 6.51. The predicted molar refractivity (Wildman–Crippen MR) is 152 cm³/mol. The molecule has 0 saturated carbocycles. The van der Waals surface area contributed by atoms with Crippen LogP contribution in [0.4, 0.5) is 5.69 Å². The highest BCUT2D eigenvalue weighted by Gasteiger charge is 2.43. The molecule has 0 amide bonds. The van der Waals surface area contributed by atoms with Gasteiger partial charge < -0.3 is 24.3 Å². The fourth-order valence-electron chi connectivity index (χ4n) is 5.21. The van der Waals surface area contributed by atoms with Crippen LogP contribution >= 0.6 is 23.8 Å². The molecule has 0 aliphatic carbocycles. The summed E-state index contributed by atoms with van der Waals surface area (Å²) in [4.78, 5) is 6.81. The highest BCUT2D eigenvalue weighted by atomic mass is 35.5. The zero-order valence-electron chi connectivity index (χ0n) is 21.4. The Morgan fingerprint density at radius 1 is 0.946 bits per heavy atom. The highest BCUT2D eigenvalue weighted by molar-refractivity contribution is 7.80. The van der Waals surface area contributed by atoms with Crippen LogP contribution in [0.3, 0.4) is 0 Å². The van der Waals surface area contributed by atoms with Crippen LogP contribution in [-0.4, -0.2) is 28.9 Å². The van der Waals surface area contributed by atoms with Gasteiger partial charge in [-0.3, -0.25) is 4.98 Å². The van der Waals surface area contributed by atoms with Gasteiger partial charge in [0.1, 0.15) is 11.5 Å². The Morgan fingerprint density at radius 3 is 2.46 bits per heavy atom. The first-order valence-electron chi connectivity index (χ1n) is 12.0. The van der Waals surface area contributed by atoms with Gasteiger partial charge in [-0.05, 0) is 86.6 Å². The molecular formula is C29H29ClN4O2S. The first-order chi connectivity index (χ1) is 17.8. The topological polar surface area (TPSA) is 51.6 Å². The van der Waals surface area contributed by atoms with Crippen LogP contribution < -0.4 is 19.7 Å². The second-order valence-corrected chi connectivity index (χ2v) is 9.87. The number of aryl methyl sites for hydroxylation is 1. The van der Waals surface area contributed by atoms with Crippen LogP contribution in [0.1, 0.15) is 40.3 Å². The van der Waals surface area contributed by atoms with Crippen molar-refractivity contribution in [3.8, 4) is 17.2 Å². The lowest BCUT2D eigenvalue weighted by molar-refractivity contribution is 0.403. The quantitative estimate of drug-likeness (QED) is 0.281. The predicted octanol–water partition coefficient (Wildman–Crippen LogP) is 6.65. The molecule has 4 aromatic rings. The molecule has 2 atom stereocenters. The Balaban J connectivity index is 1.73. The van der Waals surface area contributed by atoms with E-state index in [-0.39, 0.29) is 12.1 Å². The highest BCUT2D eigenvalue weighted by Crippen LogP contribution is 2.47. The fraction of sp³-hybridized carbons (Fsp3) is 0.241. The van der Waals surface area contributed by atoms with Crippen molar-refractivity contribution in [2.24, 2.45) is 0 Å². The number of hydrogen-bond acceptors (Lipinski definition) is 4. The van der Waals surface area contributed by atoms with Crippen molar-refractivity contribution in [2.45, 2.75) is 32.9 Å². The van der Waals surface area contributed by atoms with Crippen molar-refractivity contribution < 1.29 is 9.47 Å². The number of ether oxygens (including phenoxy) is 2. The molecular weight excluding hydrogens is 504 g/mol. The minimum atomic E-state index is -0.192. The van der Waals surface area contributed by atoms with Gasteiger partial charge in [0.15, 0.2) is 5.11 Å². The van der Waals surface area contributed by atoms with E-state index < -0.39 is 0 Å². The molecule has 2 aromatic carbocycles. The summed E-state index contributed by atoms with van der Waals surface area (Å²) in [5, 5.41) is 4.87. The van der Waals surface area contributed by atoms with Gasteiger partial charge in [-0.2, -0.15) is 0 Å². The summed E-state index contributed by atoms with van der Waals surface area (Å²) in [7, 11) is 3.32. The van der Waals surface area contributed by atoms with Crippen LogP contribution in [-0.2, 0) is 0 Å². The zero-order valence-corrected chi connectivity index (χ0v) is 23.0. The molecule has 0 spiro atoms. The number of pyridine rings is 1. The zero-order chi connectivity index (χ0) is 26.3. The number of methoxy groups -OCH3 is 2. The van der Waals surface area contributed by atoms with Crippen LogP contribution in [0.15, 0.2) is 66.9 Å². The second kappa shape index (κ2) is 10.1. The lowest BCUT2D eigenvalue weighted by Crippen LogP contribution is -2.30. The molecule has 1 N–H and O–H groups in total. The molecule has 1 saturated heterocycles. The molecule has 0 radical (unpaired) electrons. The van der Waals surface area contributed by atoms with E-state index in [1.165, 1.54) is 0 Å². The number of halogens is 1. The Bertz CT molecular complexity index is 1470. The monoisotopic (exact) mass is 532 g/mol. The molecule has 37 heavy (non-hydrogen) atoms. The lowest BCUT2D eigenvalue weighted by Gasteiger charge is -2.29. The Hall–Kier alpha value is -3.55. The molecule has 1 aliphatic rings. The van der Waals surface area contributed by atoms with Crippen molar-refractivity contribution in [1.82, 2.24) is 14.9 Å². The molecule has 2 aromatic heterocycles. The van der Waals surface area contributed by atoms with Crippen molar-refractivity contribution >= 4 is 34.6 Å². The number of nitrogens with zero attached hydrogens (tertiary/aromatic N) is 3. The van der Waals surface area contributed by atoms with Crippen LogP contribution in [0, 0.1) is 20.8 Å². The van der Waals surface area contributed by atoms with E-state index in [1.807, 2.05) is 61.7 Å². The van der Waals surface area contributed by atoms with Gasteiger partial charge in [-0.15, -0.1) is 0 Å². The van der Waals surface area contributed by atoms with Crippen molar-refractivity contribution in [3.05, 3.63) is 100 Å². The van der Waals surface area contributed by atoms with Crippen LogP contribution in [0.25, 0.3) is 5.69 Å². The summed E-state index contributed by atoms with van der Waals surface area (Å²) in [6.45, 7) is 6.30. The number of hydrogen-bond donors (Lipinski definition) is 1. The third-order valence-electron chi connectivity index (χ3n) is 7.01. The summed E-state index contributed by atoms with van der Waals surface area (Å²) in [6.07, 6.45) is 1.81. The molecule has 5 rings (SSSR count). The van der Waals surface area contributed by atoms with E-state index in [1.54, 1.807) is 14.2 Å². The number of benzene rings is 2. The maximum atomic E-state index is 6.51. The minimum Gasteiger partial charge on any atom is -0.497 e. The minimum absolute atomic E-state index is 0.181. The number of rotatable bonds is 6. The van der Waals surface area contributed by atoms with E-state index >= 15 is 0 Å². The second-order valence-electron chi connectivity index (χ2n) is 9.08. The van der Waals surface area contributed by atoms with Crippen LogP contribution in [0.5, 0.6) is 11.5 Å². The largest absolute Gasteiger partial charge is 0.497 e. The van der Waals surface area contributed by atoms with Gasteiger partial charge in [0, 0.05) is 34.4 Å². The average Bonchev–Trinajstić information content (AvgIpc) is 3.40. The Labute approximate surface area is 227 Å². The van der Waals surface area contributed by atoms with E-state index in [4.69, 9.17) is 33.3 Å². The number of thiocarbonyl (C=S) groups is 1. The number of anilines is 1. The van der Waals surface area contributed by atoms with E-state index in [0.717, 1.165) is 50.4 Å². The average molecular weight is 533 g/mol. The van der Waals surface area contributed by atoms with Gasteiger partial charge in [0.2, 0.25) is 0 Å². The smallest absolute Gasteiger partial charge is 0.174 e. The summed E-state index contributed by atoms with van der Waals surface area (Å²) in [5.74, 6) is 1.43. The lowest BCUT2D eigenvalue weighted by atomic mass is 9.96. The van der Waals surface area contributed by atoms with E-state index in [0.29, 0.717) is 10.9 Å². The Kier molecular flexibility index (Phi) is 6.84. The molecule has 1 fully saturated rings. The summed E-state index contributed by atoms with van der Waals surface area (Å²) >= 11 is 12.5. The number of nitrogens with one attached hydrogen (secondary N) is 1. The van der Waals surface area contributed by atoms with Gasteiger partial charge in [-0.25, -0.2) is 0 Å². The van der Waals surface area contributed by atoms with Gasteiger partial charge in [0.05, 0.1) is 37.7 Å². The van der Waals surface area contributed by atoms with E-state index in [9.17, 15) is 0 Å². The molecule has 1 aliphatic heterocycles. The standard InChI is InChI=1S/C29H29ClN4O2S/c1-17-15-21(19(3)33(17)24-11-8-9-22(30)18(24)2)28-27(23-10-6-7-14-31-23)32-29(37)34(28)25-16-20(35-4)12-13-26(25)36-5/h6-16,27-28H,1-5H3,(H,32,37)/t27-,28+/m0/s1. The fourth-order valence-corrected chi connectivity index (χ4v) is 5.72. The SMILES string of the molecule is COc1ccc(OC)c(N2C(=S)N[C@@H](c3ccccn3)[C@H]2c2cc(C)n(-c3cccc(Cl)c3C)c2C)c1. The van der Waals surface area contributed by atoms with E-state index in [2.05, 4.69) is 45.7 Å².